The van der Waals surface area contributed by atoms with Gasteiger partial charge < -0.3 is 24.5 Å². The summed E-state index contributed by atoms with van der Waals surface area (Å²) >= 11 is 0. The topological polar surface area (TPSA) is 85.3 Å². The Kier molecular flexibility index (Phi) is 7.60. The van der Waals surface area contributed by atoms with Gasteiger partial charge in [0.15, 0.2) is 11.6 Å². The third kappa shape index (κ3) is 5.28. The van der Waals surface area contributed by atoms with Crippen molar-refractivity contribution in [3.05, 3.63) is 47.2 Å². The fraction of sp³-hybridized carbons (Fsp3) is 0.593. The standard InChI is InChI=1S/C27H37FN6O3/c1-18-14-22(35)25-24(18)26(30-17-29-25)33-10-12-34(13-11-33)27(36)20(16-32-8-6-31(2)7-9-32)19-4-5-23(37-3)21(28)15-19/h4-5,15,17-18,20,22,35H,6-14,16H2,1-3H3/t18-,20+,22-/m1/s1. The van der Waals surface area contributed by atoms with Crippen molar-refractivity contribution in [1.29, 1.82) is 0 Å². The summed E-state index contributed by atoms with van der Waals surface area (Å²) in [5.41, 5.74) is 2.43. The number of amides is 1. The summed E-state index contributed by atoms with van der Waals surface area (Å²) in [4.78, 5) is 31.5. The number of halogens is 1. The van der Waals surface area contributed by atoms with Crippen molar-refractivity contribution >= 4 is 11.7 Å². The second kappa shape index (κ2) is 10.9. The van der Waals surface area contributed by atoms with Gasteiger partial charge in [-0.05, 0) is 37.1 Å². The maximum absolute atomic E-state index is 14.6. The maximum Gasteiger partial charge on any atom is 0.231 e. The minimum atomic E-state index is -0.546. The molecular weight excluding hydrogens is 475 g/mol. The van der Waals surface area contributed by atoms with Crippen molar-refractivity contribution in [2.24, 2.45) is 0 Å². The molecule has 2 fully saturated rings. The maximum atomic E-state index is 14.6. The van der Waals surface area contributed by atoms with Gasteiger partial charge in [0.05, 0.1) is 24.8 Å². The molecule has 0 bridgehead atoms. The molecule has 2 aromatic rings. The van der Waals surface area contributed by atoms with E-state index in [1.54, 1.807) is 6.07 Å². The van der Waals surface area contributed by atoms with Gasteiger partial charge in [-0.1, -0.05) is 13.0 Å². The van der Waals surface area contributed by atoms with E-state index in [1.165, 1.54) is 19.5 Å². The predicted octanol–water partition coefficient (Wildman–Crippen LogP) is 1.84. The van der Waals surface area contributed by atoms with Crippen LogP contribution in [0.1, 0.15) is 48.1 Å². The van der Waals surface area contributed by atoms with Gasteiger partial charge in [-0.25, -0.2) is 14.4 Å². The number of methoxy groups -OCH3 is 1. The van der Waals surface area contributed by atoms with Gasteiger partial charge in [-0.3, -0.25) is 9.69 Å². The lowest BCUT2D eigenvalue weighted by molar-refractivity contribution is -0.133. The molecule has 5 rings (SSSR count). The molecule has 1 aliphatic carbocycles. The van der Waals surface area contributed by atoms with Gasteiger partial charge >= 0.3 is 0 Å². The van der Waals surface area contributed by atoms with Crippen LogP contribution in [0, 0.1) is 5.82 Å². The number of anilines is 1. The number of aliphatic hydroxyl groups excluding tert-OH is 1. The number of rotatable bonds is 6. The largest absolute Gasteiger partial charge is 0.494 e. The van der Waals surface area contributed by atoms with Gasteiger partial charge in [0, 0.05) is 64.5 Å². The van der Waals surface area contributed by atoms with Crippen LogP contribution in [-0.2, 0) is 4.79 Å². The van der Waals surface area contributed by atoms with E-state index in [1.807, 2.05) is 11.0 Å². The number of fused-ring (bicyclic) bond motifs is 1. The van der Waals surface area contributed by atoms with Crippen molar-refractivity contribution in [2.45, 2.75) is 31.3 Å². The molecule has 1 aromatic heterocycles. The average Bonchev–Trinajstić information content (AvgIpc) is 3.21. The number of carbonyl (C=O) groups is 1. The molecule has 0 spiro atoms. The van der Waals surface area contributed by atoms with Gasteiger partial charge in [-0.15, -0.1) is 0 Å². The molecule has 3 heterocycles. The van der Waals surface area contributed by atoms with E-state index in [0.717, 1.165) is 43.3 Å². The zero-order chi connectivity index (χ0) is 26.1. The van der Waals surface area contributed by atoms with Crippen LogP contribution in [0.2, 0.25) is 0 Å². The van der Waals surface area contributed by atoms with Crippen molar-refractivity contribution < 1.29 is 19.0 Å². The minimum absolute atomic E-state index is 0.0276. The highest BCUT2D eigenvalue weighted by atomic mass is 19.1. The van der Waals surface area contributed by atoms with Crippen LogP contribution in [0.5, 0.6) is 5.75 Å². The van der Waals surface area contributed by atoms with E-state index in [0.29, 0.717) is 44.7 Å². The summed E-state index contributed by atoms with van der Waals surface area (Å²) in [6.45, 7) is 8.75. The van der Waals surface area contributed by atoms with Crippen LogP contribution >= 0.6 is 0 Å². The van der Waals surface area contributed by atoms with Gasteiger partial charge in [-0.2, -0.15) is 0 Å². The lowest BCUT2D eigenvalue weighted by Crippen LogP contribution is -2.52. The minimum Gasteiger partial charge on any atom is -0.494 e. The number of hydrogen-bond acceptors (Lipinski definition) is 8. The molecule has 200 valence electrons. The number of likely N-dealkylation sites (N-methyl/N-ethyl adjacent to an activating group) is 1. The summed E-state index contributed by atoms with van der Waals surface area (Å²) in [5.74, 6) is 0.370. The first-order valence-electron chi connectivity index (χ1n) is 13.2. The molecule has 0 unspecified atom stereocenters. The molecule has 1 aromatic carbocycles. The number of nitrogens with zero attached hydrogens (tertiary/aromatic N) is 6. The fourth-order valence-corrected chi connectivity index (χ4v) is 5.83. The van der Waals surface area contributed by atoms with Crippen molar-refractivity contribution in [2.75, 3.05) is 78.0 Å². The first-order chi connectivity index (χ1) is 17.9. The van der Waals surface area contributed by atoms with Gasteiger partial charge in [0.1, 0.15) is 12.1 Å². The summed E-state index contributed by atoms with van der Waals surface area (Å²) in [6, 6.07) is 4.87. The molecule has 2 saturated heterocycles. The zero-order valence-corrected chi connectivity index (χ0v) is 21.9. The fourth-order valence-electron chi connectivity index (χ4n) is 5.83. The normalized spacial score (nSPS) is 23.7. The van der Waals surface area contributed by atoms with Crippen LogP contribution in [0.15, 0.2) is 24.5 Å². The lowest BCUT2D eigenvalue weighted by Gasteiger charge is -2.39. The van der Waals surface area contributed by atoms with Gasteiger partial charge in [0.25, 0.3) is 0 Å². The quantitative estimate of drug-likeness (QED) is 0.628. The summed E-state index contributed by atoms with van der Waals surface area (Å²) in [5, 5.41) is 10.4. The van der Waals surface area contributed by atoms with E-state index in [9.17, 15) is 14.3 Å². The first-order valence-corrected chi connectivity index (χ1v) is 13.2. The SMILES string of the molecule is COc1ccc([C@H](CN2CCN(C)CC2)C(=O)N2CCN(c3ncnc4c3[C@H](C)C[C@H]4O)CC2)cc1F. The molecule has 0 saturated carbocycles. The highest BCUT2D eigenvalue weighted by Gasteiger charge is 2.35. The highest BCUT2D eigenvalue weighted by molar-refractivity contribution is 5.84. The second-order valence-electron chi connectivity index (χ2n) is 10.5. The Morgan fingerprint density at radius 1 is 1.14 bits per heavy atom. The van der Waals surface area contributed by atoms with Crippen LogP contribution in [0.3, 0.4) is 0 Å². The third-order valence-electron chi connectivity index (χ3n) is 8.08. The zero-order valence-electron chi connectivity index (χ0n) is 21.9. The molecule has 3 aliphatic rings. The van der Waals surface area contributed by atoms with Crippen molar-refractivity contribution in [3.8, 4) is 5.75 Å². The van der Waals surface area contributed by atoms with Crippen molar-refractivity contribution in [3.63, 3.8) is 0 Å². The smallest absolute Gasteiger partial charge is 0.231 e. The molecule has 37 heavy (non-hydrogen) atoms. The Hall–Kier alpha value is -2.82. The van der Waals surface area contributed by atoms with E-state index in [4.69, 9.17) is 4.74 Å². The van der Waals surface area contributed by atoms with E-state index in [-0.39, 0.29) is 17.6 Å². The number of piperazine rings is 2. The average molecular weight is 513 g/mol. The van der Waals surface area contributed by atoms with Gasteiger partial charge in [0.2, 0.25) is 5.91 Å². The first kappa shape index (κ1) is 25.8. The Labute approximate surface area is 217 Å². The monoisotopic (exact) mass is 512 g/mol. The number of carbonyl (C=O) groups excluding carboxylic acids is 1. The van der Waals surface area contributed by atoms with E-state index in [2.05, 4.69) is 38.6 Å². The number of aromatic nitrogens is 2. The van der Waals surface area contributed by atoms with Crippen LogP contribution in [-0.4, -0.2) is 109 Å². The molecule has 9 nitrogen and oxygen atoms in total. The molecule has 1 amide bonds. The molecule has 2 aliphatic heterocycles. The number of benzene rings is 1. The second-order valence-corrected chi connectivity index (χ2v) is 10.5. The van der Waals surface area contributed by atoms with Crippen LogP contribution in [0.25, 0.3) is 0 Å². The summed E-state index contributed by atoms with van der Waals surface area (Å²) in [7, 11) is 3.55. The Balaban J connectivity index is 1.32. The molecule has 10 heteroatoms. The lowest BCUT2D eigenvalue weighted by atomic mass is 9.95. The number of ether oxygens (including phenoxy) is 1. The van der Waals surface area contributed by atoms with Crippen molar-refractivity contribution in [1.82, 2.24) is 24.7 Å². The highest BCUT2D eigenvalue weighted by Crippen LogP contribution is 2.42. The summed E-state index contributed by atoms with van der Waals surface area (Å²) < 4.78 is 19.7. The van der Waals surface area contributed by atoms with E-state index < -0.39 is 17.8 Å². The molecular formula is C27H37FN6O3. The molecule has 0 radical (unpaired) electrons. The molecule has 1 N–H and O–H groups in total. The van der Waals surface area contributed by atoms with E-state index >= 15 is 0 Å². The Bertz CT molecular complexity index is 1120. The number of aliphatic hydroxyl groups is 1. The Morgan fingerprint density at radius 3 is 2.54 bits per heavy atom. The van der Waals surface area contributed by atoms with Crippen LogP contribution < -0.4 is 9.64 Å². The third-order valence-corrected chi connectivity index (χ3v) is 8.08. The summed E-state index contributed by atoms with van der Waals surface area (Å²) in [6.07, 6.45) is 1.64. The van der Waals surface area contributed by atoms with Crippen LogP contribution in [0.4, 0.5) is 10.2 Å². The predicted molar refractivity (Wildman–Crippen MR) is 138 cm³/mol. The Morgan fingerprint density at radius 2 is 1.86 bits per heavy atom. The number of hydrogen-bond donors (Lipinski definition) is 1. The molecule has 3 atom stereocenters.